The standard InChI is InChI=1S/C14H15NO4/c1-2-19-13-6-5-10(8-12(13)14(17)18)15-7-3-4-11(15)9-16/h5-6,8H,2-4,7H2,1H3,(H,17,18). The van der Waals surface area contributed by atoms with E-state index in [0.29, 0.717) is 36.7 Å². The number of carboxylic acids is 1. The number of anilines is 1. The molecule has 5 heteroatoms. The Morgan fingerprint density at radius 1 is 1.53 bits per heavy atom. The maximum absolute atomic E-state index is 11.2. The number of carbonyl (C=O) groups is 1. The van der Waals surface area contributed by atoms with Crippen molar-refractivity contribution >= 4 is 17.6 Å². The van der Waals surface area contributed by atoms with E-state index in [1.54, 1.807) is 24.0 Å². The van der Waals surface area contributed by atoms with Crippen LogP contribution in [-0.4, -0.2) is 30.2 Å². The lowest BCUT2D eigenvalue weighted by atomic mass is 10.1. The van der Waals surface area contributed by atoms with Gasteiger partial charge >= 0.3 is 5.97 Å². The van der Waals surface area contributed by atoms with E-state index in [2.05, 4.69) is 0 Å². The van der Waals surface area contributed by atoms with Crippen LogP contribution in [-0.2, 0) is 4.79 Å². The van der Waals surface area contributed by atoms with Crippen LogP contribution in [0, 0.1) is 0 Å². The number of allylic oxidation sites excluding steroid dienone is 1. The molecule has 1 N–H and O–H groups in total. The van der Waals surface area contributed by atoms with E-state index in [0.717, 1.165) is 6.42 Å². The lowest BCUT2D eigenvalue weighted by Crippen LogP contribution is -2.17. The Morgan fingerprint density at radius 2 is 2.32 bits per heavy atom. The number of hydrogen-bond donors (Lipinski definition) is 1. The molecule has 1 aliphatic rings. The summed E-state index contributed by atoms with van der Waals surface area (Å²) in [4.78, 5) is 23.9. The quantitative estimate of drug-likeness (QED) is 0.841. The zero-order chi connectivity index (χ0) is 13.8. The average Bonchev–Trinajstić information content (AvgIpc) is 2.87. The van der Waals surface area contributed by atoms with Crippen LogP contribution in [0.1, 0.15) is 30.1 Å². The lowest BCUT2D eigenvalue weighted by molar-refractivity contribution is 0.0692. The number of carboxylic acid groups (broad SMARTS) is 1. The van der Waals surface area contributed by atoms with Gasteiger partial charge in [-0.05, 0) is 31.5 Å². The third-order valence-corrected chi connectivity index (χ3v) is 3.04. The molecular formula is C14H15NO4. The molecule has 0 radical (unpaired) electrons. The molecule has 1 aromatic rings. The molecular weight excluding hydrogens is 246 g/mol. The molecule has 0 spiro atoms. The van der Waals surface area contributed by atoms with Crippen LogP contribution in [0.3, 0.4) is 0 Å². The third kappa shape index (κ3) is 2.61. The second-order valence-electron chi connectivity index (χ2n) is 4.22. The molecule has 1 saturated heterocycles. The van der Waals surface area contributed by atoms with E-state index in [1.165, 1.54) is 6.07 Å². The van der Waals surface area contributed by atoms with Crippen molar-refractivity contribution < 1.29 is 19.4 Å². The zero-order valence-corrected chi connectivity index (χ0v) is 10.7. The van der Waals surface area contributed by atoms with Gasteiger partial charge in [-0.25, -0.2) is 9.59 Å². The third-order valence-electron chi connectivity index (χ3n) is 3.04. The number of ether oxygens (including phenoxy) is 1. The highest BCUT2D eigenvalue weighted by molar-refractivity contribution is 5.92. The molecule has 1 aromatic carbocycles. The van der Waals surface area contributed by atoms with Gasteiger partial charge in [-0.15, -0.1) is 0 Å². The summed E-state index contributed by atoms with van der Waals surface area (Å²) in [6, 6.07) is 4.93. The van der Waals surface area contributed by atoms with Crippen LogP contribution in [0.2, 0.25) is 0 Å². The van der Waals surface area contributed by atoms with Gasteiger partial charge in [0, 0.05) is 18.7 Å². The van der Waals surface area contributed by atoms with Gasteiger partial charge in [0.2, 0.25) is 0 Å². The molecule has 0 bridgehead atoms. The highest BCUT2D eigenvalue weighted by Gasteiger charge is 2.22. The first-order valence-corrected chi connectivity index (χ1v) is 6.19. The number of benzene rings is 1. The molecule has 0 aliphatic carbocycles. The zero-order valence-electron chi connectivity index (χ0n) is 10.7. The summed E-state index contributed by atoms with van der Waals surface area (Å²) in [5, 5.41) is 9.20. The summed E-state index contributed by atoms with van der Waals surface area (Å²) in [6.45, 7) is 2.91. The average molecular weight is 261 g/mol. The Morgan fingerprint density at radius 3 is 2.95 bits per heavy atom. The van der Waals surface area contributed by atoms with Gasteiger partial charge in [0.15, 0.2) is 0 Å². The molecule has 0 aromatic heterocycles. The molecule has 0 amide bonds. The summed E-state index contributed by atoms with van der Waals surface area (Å²) in [6.07, 6.45) is 1.55. The largest absolute Gasteiger partial charge is 0.493 e. The van der Waals surface area contributed by atoms with Crippen LogP contribution >= 0.6 is 0 Å². The predicted octanol–water partition coefficient (Wildman–Crippen LogP) is 2.10. The van der Waals surface area contributed by atoms with E-state index in [4.69, 9.17) is 4.74 Å². The predicted molar refractivity (Wildman–Crippen MR) is 70.4 cm³/mol. The summed E-state index contributed by atoms with van der Waals surface area (Å²) < 4.78 is 5.29. The fourth-order valence-corrected chi connectivity index (χ4v) is 2.20. The van der Waals surface area contributed by atoms with Crippen molar-refractivity contribution in [3.8, 4) is 5.75 Å². The van der Waals surface area contributed by atoms with Gasteiger partial charge in [0.25, 0.3) is 0 Å². The molecule has 5 nitrogen and oxygen atoms in total. The number of nitrogens with zero attached hydrogens (tertiary/aromatic N) is 1. The number of hydrogen-bond acceptors (Lipinski definition) is 4. The van der Waals surface area contributed by atoms with Crippen LogP contribution in [0.5, 0.6) is 5.75 Å². The molecule has 0 atom stereocenters. The number of carbonyl (C=O) groups excluding carboxylic acids is 1. The van der Waals surface area contributed by atoms with Crippen molar-refractivity contribution in [2.75, 3.05) is 18.1 Å². The highest BCUT2D eigenvalue weighted by Crippen LogP contribution is 2.31. The topological polar surface area (TPSA) is 66.8 Å². The molecule has 2 rings (SSSR count). The Balaban J connectivity index is 2.40. The maximum atomic E-state index is 11.2. The van der Waals surface area contributed by atoms with Gasteiger partial charge in [-0.2, -0.15) is 0 Å². The molecule has 1 aliphatic heterocycles. The van der Waals surface area contributed by atoms with Crippen molar-refractivity contribution in [1.29, 1.82) is 0 Å². The fraction of sp³-hybridized carbons (Fsp3) is 0.357. The molecule has 19 heavy (non-hydrogen) atoms. The van der Waals surface area contributed by atoms with Gasteiger partial charge < -0.3 is 14.7 Å². The first kappa shape index (κ1) is 13.2. The Hall–Kier alpha value is -2.26. The molecule has 1 heterocycles. The summed E-state index contributed by atoms with van der Waals surface area (Å²) in [7, 11) is 0. The smallest absolute Gasteiger partial charge is 0.339 e. The van der Waals surface area contributed by atoms with Gasteiger partial charge in [-0.1, -0.05) is 0 Å². The monoisotopic (exact) mass is 261 g/mol. The highest BCUT2D eigenvalue weighted by atomic mass is 16.5. The van der Waals surface area contributed by atoms with Crippen molar-refractivity contribution in [1.82, 2.24) is 0 Å². The van der Waals surface area contributed by atoms with E-state index >= 15 is 0 Å². The fourth-order valence-electron chi connectivity index (χ4n) is 2.20. The summed E-state index contributed by atoms with van der Waals surface area (Å²) in [5.41, 5.74) is 1.37. The first-order chi connectivity index (χ1) is 9.17. The van der Waals surface area contributed by atoms with E-state index in [-0.39, 0.29) is 5.56 Å². The van der Waals surface area contributed by atoms with E-state index in [9.17, 15) is 14.7 Å². The Bertz CT molecular complexity index is 546. The molecule has 0 saturated carbocycles. The Kier molecular flexibility index (Phi) is 3.88. The summed E-state index contributed by atoms with van der Waals surface area (Å²) in [5.74, 6) is 1.22. The molecule has 1 fully saturated rings. The van der Waals surface area contributed by atoms with Crippen LogP contribution in [0.15, 0.2) is 23.9 Å². The maximum Gasteiger partial charge on any atom is 0.339 e. The minimum absolute atomic E-state index is 0.108. The second-order valence-corrected chi connectivity index (χ2v) is 4.22. The van der Waals surface area contributed by atoms with Crippen LogP contribution in [0.4, 0.5) is 5.69 Å². The van der Waals surface area contributed by atoms with E-state index < -0.39 is 5.97 Å². The van der Waals surface area contributed by atoms with Crippen molar-refractivity contribution in [2.24, 2.45) is 0 Å². The molecule has 0 unspecified atom stereocenters. The van der Waals surface area contributed by atoms with Crippen molar-refractivity contribution in [3.05, 3.63) is 29.5 Å². The SMILES string of the molecule is CCOc1ccc(N2CCCC2=C=O)cc1C(=O)O. The van der Waals surface area contributed by atoms with E-state index in [1.807, 2.05) is 5.94 Å². The minimum Gasteiger partial charge on any atom is -0.493 e. The Labute approximate surface area is 111 Å². The number of rotatable bonds is 4. The van der Waals surface area contributed by atoms with Crippen LogP contribution in [0.25, 0.3) is 0 Å². The van der Waals surface area contributed by atoms with Crippen molar-refractivity contribution in [2.45, 2.75) is 19.8 Å². The minimum atomic E-state index is -1.04. The number of aromatic carboxylic acids is 1. The van der Waals surface area contributed by atoms with Crippen molar-refractivity contribution in [3.63, 3.8) is 0 Å². The van der Waals surface area contributed by atoms with Gasteiger partial charge in [-0.3, -0.25) is 0 Å². The van der Waals surface area contributed by atoms with Crippen LogP contribution < -0.4 is 9.64 Å². The van der Waals surface area contributed by atoms with Gasteiger partial charge in [0.05, 0.1) is 6.61 Å². The first-order valence-electron chi connectivity index (χ1n) is 6.19. The molecule has 100 valence electrons. The second kappa shape index (κ2) is 5.59. The summed E-state index contributed by atoms with van der Waals surface area (Å²) >= 11 is 0. The lowest BCUT2D eigenvalue weighted by Gasteiger charge is -2.19. The van der Waals surface area contributed by atoms with Gasteiger partial charge in [0.1, 0.15) is 23.0 Å². The normalized spacial score (nSPS) is 14.4.